The van der Waals surface area contributed by atoms with Crippen molar-refractivity contribution in [3.63, 3.8) is 0 Å². The van der Waals surface area contributed by atoms with Crippen LogP contribution in [0.2, 0.25) is 0 Å². The van der Waals surface area contributed by atoms with Gasteiger partial charge in [-0.2, -0.15) is 0 Å². The number of nitrogens with one attached hydrogen (secondary N) is 2. The SMILES string of the molecule is CC(=O)NC1CCCNCCC1. The zero-order chi connectivity index (χ0) is 8.81. The van der Waals surface area contributed by atoms with Gasteiger partial charge >= 0.3 is 0 Å². The largest absolute Gasteiger partial charge is 0.354 e. The molecule has 0 atom stereocenters. The lowest BCUT2D eigenvalue weighted by molar-refractivity contribution is -0.119. The van der Waals surface area contributed by atoms with Crippen LogP contribution in [-0.4, -0.2) is 25.0 Å². The van der Waals surface area contributed by atoms with Crippen molar-refractivity contribution in [2.45, 2.75) is 38.6 Å². The van der Waals surface area contributed by atoms with E-state index >= 15 is 0 Å². The molecule has 0 unspecified atom stereocenters. The van der Waals surface area contributed by atoms with Crippen LogP contribution < -0.4 is 10.6 Å². The van der Waals surface area contributed by atoms with E-state index in [1.165, 1.54) is 12.8 Å². The molecule has 0 aliphatic carbocycles. The van der Waals surface area contributed by atoms with Crippen LogP contribution in [-0.2, 0) is 4.79 Å². The van der Waals surface area contributed by atoms with Gasteiger partial charge in [0.25, 0.3) is 0 Å². The van der Waals surface area contributed by atoms with Crippen molar-refractivity contribution in [1.82, 2.24) is 10.6 Å². The van der Waals surface area contributed by atoms with E-state index in [0.29, 0.717) is 6.04 Å². The van der Waals surface area contributed by atoms with Gasteiger partial charge < -0.3 is 10.6 Å². The first-order valence-corrected chi connectivity index (χ1v) is 4.77. The van der Waals surface area contributed by atoms with Crippen molar-refractivity contribution in [2.24, 2.45) is 0 Å². The average molecular weight is 170 g/mol. The summed E-state index contributed by atoms with van der Waals surface area (Å²) in [5, 5.41) is 6.33. The molecule has 12 heavy (non-hydrogen) atoms. The molecule has 3 nitrogen and oxygen atoms in total. The van der Waals surface area contributed by atoms with Gasteiger partial charge in [-0.05, 0) is 38.8 Å². The van der Waals surface area contributed by atoms with Crippen molar-refractivity contribution in [3.8, 4) is 0 Å². The van der Waals surface area contributed by atoms with Crippen LogP contribution in [0.1, 0.15) is 32.6 Å². The summed E-state index contributed by atoms with van der Waals surface area (Å²) in [4.78, 5) is 10.8. The van der Waals surface area contributed by atoms with Crippen LogP contribution in [0.3, 0.4) is 0 Å². The molecular weight excluding hydrogens is 152 g/mol. The van der Waals surface area contributed by atoms with Gasteiger partial charge in [0.2, 0.25) is 5.91 Å². The molecule has 1 rings (SSSR count). The molecule has 0 spiro atoms. The minimum Gasteiger partial charge on any atom is -0.354 e. The van der Waals surface area contributed by atoms with Crippen LogP contribution in [0.4, 0.5) is 0 Å². The van der Waals surface area contributed by atoms with Crippen LogP contribution >= 0.6 is 0 Å². The first kappa shape index (κ1) is 9.52. The summed E-state index contributed by atoms with van der Waals surface area (Å²) in [6, 6.07) is 0.421. The van der Waals surface area contributed by atoms with Crippen molar-refractivity contribution in [1.29, 1.82) is 0 Å². The van der Waals surface area contributed by atoms with Gasteiger partial charge in [-0.3, -0.25) is 4.79 Å². The Kier molecular flexibility index (Phi) is 4.08. The van der Waals surface area contributed by atoms with Gasteiger partial charge in [-0.25, -0.2) is 0 Å². The molecule has 1 aliphatic rings. The van der Waals surface area contributed by atoms with E-state index in [-0.39, 0.29) is 5.91 Å². The normalized spacial score (nSPS) is 21.1. The quantitative estimate of drug-likeness (QED) is 0.607. The highest BCUT2D eigenvalue weighted by molar-refractivity contribution is 5.73. The maximum absolute atomic E-state index is 10.8. The summed E-state index contributed by atoms with van der Waals surface area (Å²) in [5.41, 5.74) is 0. The molecule has 1 fully saturated rings. The molecule has 0 aromatic heterocycles. The van der Waals surface area contributed by atoms with E-state index in [9.17, 15) is 4.79 Å². The Balaban J connectivity index is 2.24. The Bertz CT molecular complexity index is 139. The third-order valence-electron chi connectivity index (χ3n) is 2.22. The Labute approximate surface area is 73.9 Å². The molecule has 1 aliphatic heterocycles. The highest BCUT2D eigenvalue weighted by atomic mass is 16.1. The predicted octanol–water partition coefficient (Wildman–Crippen LogP) is 0.655. The molecule has 1 amide bonds. The minimum atomic E-state index is 0.105. The second-order valence-corrected chi connectivity index (χ2v) is 3.43. The molecule has 1 heterocycles. The lowest BCUT2D eigenvalue weighted by Crippen LogP contribution is -2.36. The number of hydrogen-bond donors (Lipinski definition) is 2. The van der Waals surface area contributed by atoms with E-state index in [1.54, 1.807) is 6.92 Å². The monoisotopic (exact) mass is 170 g/mol. The summed E-state index contributed by atoms with van der Waals surface area (Å²) >= 11 is 0. The Morgan fingerprint density at radius 2 is 1.92 bits per heavy atom. The van der Waals surface area contributed by atoms with Gasteiger partial charge in [0.15, 0.2) is 0 Å². The summed E-state index contributed by atoms with van der Waals surface area (Å²) in [7, 11) is 0. The number of rotatable bonds is 1. The van der Waals surface area contributed by atoms with Crippen molar-refractivity contribution >= 4 is 5.91 Å². The Morgan fingerprint density at radius 1 is 1.33 bits per heavy atom. The molecule has 0 aromatic rings. The number of carbonyl (C=O) groups excluding carboxylic acids is 1. The number of hydrogen-bond acceptors (Lipinski definition) is 2. The first-order chi connectivity index (χ1) is 5.79. The fourth-order valence-corrected chi connectivity index (χ4v) is 1.65. The fraction of sp³-hybridized carbons (Fsp3) is 0.889. The maximum atomic E-state index is 10.8. The predicted molar refractivity (Wildman–Crippen MR) is 48.9 cm³/mol. The Hall–Kier alpha value is -0.570. The van der Waals surface area contributed by atoms with E-state index in [2.05, 4.69) is 10.6 Å². The van der Waals surface area contributed by atoms with Gasteiger partial charge in [-0.1, -0.05) is 0 Å². The van der Waals surface area contributed by atoms with Gasteiger partial charge in [0.05, 0.1) is 0 Å². The summed E-state index contributed by atoms with van der Waals surface area (Å²) in [6.45, 7) is 3.78. The van der Waals surface area contributed by atoms with Crippen LogP contribution in [0.5, 0.6) is 0 Å². The smallest absolute Gasteiger partial charge is 0.217 e. The van der Waals surface area contributed by atoms with E-state index < -0.39 is 0 Å². The molecule has 3 heteroatoms. The van der Waals surface area contributed by atoms with Crippen LogP contribution in [0, 0.1) is 0 Å². The van der Waals surface area contributed by atoms with Crippen LogP contribution in [0.25, 0.3) is 0 Å². The highest BCUT2D eigenvalue weighted by Gasteiger charge is 2.10. The molecule has 0 aromatic carbocycles. The molecule has 70 valence electrons. The van der Waals surface area contributed by atoms with Gasteiger partial charge in [-0.15, -0.1) is 0 Å². The standard InChI is InChI=1S/C9H18N2O/c1-8(12)11-9-4-2-6-10-7-3-5-9/h9-10H,2-7H2,1H3,(H,11,12). The summed E-state index contributed by atoms with van der Waals surface area (Å²) in [5.74, 6) is 0.105. The summed E-state index contributed by atoms with van der Waals surface area (Å²) in [6.07, 6.45) is 4.58. The van der Waals surface area contributed by atoms with Crippen molar-refractivity contribution in [2.75, 3.05) is 13.1 Å². The zero-order valence-corrected chi connectivity index (χ0v) is 7.73. The number of amides is 1. The van der Waals surface area contributed by atoms with E-state index in [0.717, 1.165) is 25.9 Å². The second-order valence-electron chi connectivity index (χ2n) is 3.43. The van der Waals surface area contributed by atoms with Crippen molar-refractivity contribution < 1.29 is 4.79 Å². The average Bonchev–Trinajstić information content (AvgIpc) is 1.93. The zero-order valence-electron chi connectivity index (χ0n) is 7.73. The highest BCUT2D eigenvalue weighted by Crippen LogP contribution is 2.06. The second kappa shape index (κ2) is 5.14. The Morgan fingerprint density at radius 3 is 2.42 bits per heavy atom. The van der Waals surface area contributed by atoms with Crippen LogP contribution in [0.15, 0.2) is 0 Å². The third-order valence-corrected chi connectivity index (χ3v) is 2.22. The lowest BCUT2D eigenvalue weighted by atomic mass is 10.0. The van der Waals surface area contributed by atoms with E-state index in [1.807, 2.05) is 0 Å². The van der Waals surface area contributed by atoms with Gasteiger partial charge in [0, 0.05) is 13.0 Å². The van der Waals surface area contributed by atoms with Crippen molar-refractivity contribution in [3.05, 3.63) is 0 Å². The third kappa shape index (κ3) is 3.72. The van der Waals surface area contributed by atoms with Gasteiger partial charge in [0.1, 0.15) is 0 Å². The summed E-state index contributed by atoms with van der Waals surface area (Å²) < 4.78 is 0. The molecule has 0 saturated carbocycles. The van der Waals surface area contributed by atoms with E-state index in [4.69, 9.17) is 0 Å². The first-order valence-electron chi connectivity index (χ1n) is 4.77. The topological polar surface area (TPSA) is 41.1 Å². The lowest BCUT2D eigenvalue weighted by Gasteiger charge is -2.20. The fourth-order valence-electron chi connectivity index (χ4n) is 1.65. The molecular formula is C9H18N2O. The molecule has 0 radical (unpaired) electrons. The maximum Gasteiger partial charge on any atom is 0.217 e. The number of carbonyl (C=O) groups is 1. The molecule has 1 saturated heterocycles. The molecule has 2 N–H and O–H groups in total. The molecule has 0 bridgehead atoms. The minimum absolute atomic E-state index is 0.105.